The van der Waals surface area contributed by atoms with E-state index in [1.165, 1.54) is 0 Å². The van der Waals surface area contributed by atoms with E-state index in [4.69, 9.17) is 0 Å². The van der Waals surface area contributed by atoms with Gasteiger partial charge in [0, 0.05) is 6.20 Å². The number of nitrogens with zero attached hydrogens (tertiary/aromatic N) is 1. The molecule has 1 atom stereocenters. The van der Waals surface area contributed by atoms with Crippen molar-refractivity contribution >= 4 is 17.7 Å². The fourth-order valence-electron chi connectivity index (χ4n) is 1.30. The summed E-state index contributed by atoms with van der Waals surface area (Å²) in [5, 5.41) is 2.93. The van der Waals surface area contributed by atoms with Crippen molar-refractivity contribution in [2.45, 2.75) is 26.3 Å². The summed E-state index contributed by atoms with van der Waals surface area (Å²) in [7, 11) is 0. The Balaban J connectivity index is 2.34. The number of hydrogen-bond acceptors (Lipinski definition) is 3. The zero-order chi connectivity index (χ0) is 11.8. The average molecular weight is 238 g/mol. The van der Waals surface area contributed by atoms with E-state index in [0.29, 0.717) is 5.75 Å². The predicted octanol–water partition coefficient (Wildman–Crippen LogP) is 2.40. The summed E-state index contributed by atoms with van der Waals surface area (Å²) in [4.78, 5) is 15.7. The van der Waals surface area contributed by atoms with Crippen LogP contribution in [-0.4, -0.2) is 22.4 Å². The fraction of sp³-hybridized carbons (Fsp3) is 0.500. The van der Waals surface area contributed by atoms with Crippen LogP contribution in [0.1, 0.15) is 32.0 Å². The van der Waals surface area contributed by atoms with Crippen LogP contribution in [-0.2, 0) is 4.79 Å². The van der Waals surface area contributed by atoms with E-state index in [1.807, 2.05) is 25.1 Å². The molecule has 0 unspecified atom stereocenters. The van der Waals surface area contributed by atoms with Crippen molar-refractivity contribution in [2.75, 3.05) is 11.5 Å². The van der Waals surface area contributed by atoms with Crippen molar-refractivity contribution < 1.29 is 4.79 Å². The van der Waals surface area contributed by atoms with E-state index in [0.717, 1.165) is 17.9 Å². The molecule has 1 aromatic rings. The molecule has 88 valence electrons. The number of hydrogen-bond donors (Lipinski definition) is 1. The van der Waals surface area contributed by atoms with Crippen molar-refractivity contribution in [3.05, 3.63) is 30.1 Å². The van der Waals surface area contributed by atoms with Crippen molar-refractivity contribution in [3.63, 3.8) is 0 Å². The van der Waals surface area contributed by atoms with Gasteiger partial charge in [0.05, 0.1) is 17.5 Å². The smallest absolute Gasteiger partial charge is 0.230 e. The first-order valence-corrected chi connectivity index (χ1v) is 6.67. The highest BCUT2D eigenvalue weighted by molar-refractivity contribution is 7.99. The average Bonchev–Trinajstić information content (AvgIpc) is 2.30. The van der Waals surface area contributed by atoms with Gasteiger partial charge in [-0.3, -0.25) is 9.78 Å². The number of rotatable bonds is 6. The molecular formula is C12H18N2OS. The lowest BCUT2D eigenvalue weighted by molar-refractivity contribution is -0.119. The van der Waals surface area contributed by atoms with Gasteiger partial charge in [-0.2, -0.15) is 11.8 Å². The van der Waals surface area contributed by atoms with E-state index in [1.54, 1.807) is 18.0 Å². The number of carbonyl (C=O) groups is 1. The molecule has 0 aliphatic rings. The molecule has 0 saturated heterocycles. The number of pyridine rings is 1. The van der Waals surface area contributed by atoms with Gasteiger partial charge in [-0.1, -0.05) is 13.0 Å². The normalized spacial score (nSPS) is 12.1. The molecule has 4 heteroatoms. The Morgan fingerprint density at radius 1 is 1.56 bits per heavy atom. The number of carbonyl (C=O) groups excluding carboxylic acids is 1. The predicted molar refractivity (Wildman–Crippen MR) is 68.4 cm³/mol. The van der Waals surface area contributed by atoms with Crippen molar-refractivity contribution in [1.82, 2.24) is 10.3 Å². The van der Waals surface area contributed by atoms with Gasteiger partial charge in [-0.25, -0.2) is 0 Å². The van der Waals surface area contributed by atoms with Crippen molar-refractivity contribution in [3.8, 4) is 0 Å². The molecule has 0 aliphatic heterocycles. The molecule has 1 N–H and O–H groups in total. The van der Waals surface area contributed by atoms with Crippen molar-refractivity contribution in [2.24, 2.45) is 0 Å². The lowest BCUT2D eigenvalue weighted by Gasteiger charge is -2.12. The van der Waals surface area contributed by atoms with Crippen LogP contribution in [0.4, 0.5) is 0 Å². The highest BCUT2D eigenvalue weighted by Gasteiger charge is 2.09. The molecule has 0 fully saturated rings. The molecule has 3 nitrogen and oxygen atoms in total. The standard InChI is InChI=1S/C12H18N2OS/c1-3-8-16-9-12(15)14-10(2)11-6-4-5-7-13-11/h4-7,10H,3,8-9H2,1-2H3,(H,14,15)/t10-/m1/s1. The van der Waals surface area contributed by atoms with Crippen molar-refractivity contribution in [1.29, 1.82) is 0 Å². The van der Waals surface area contributed by atoms with Gasteiger partial charge in [0.2, 0.25) is 5.91 Å². The van der Waals surface area contributed by atoms with Gasteiger partial charge >= 0.3 is 0 Å². The van der Waals surface area contributed by atoms with Crippen LogP contribution in [0, 0.1) is 0 Å². The fourth-order valence-corrected chi connectivity index (χ4v) is 2.00. The van der Waals surface area contributed by atoms with E-state index >= 15 is 0 Å². The second-order valence-electron chi connectivity index (χ2n) is 3.60. The first-order valence-electron chi connectivity index (χ1n) is 5.52. The molecule has 1 rings (SSSR count). The Kier molecular flexibility index (Phi) is 5.93. The quantitative estimate of drug-likeness (QED) is 0.774. The summed E-state index contributed by atoms with van der Waals surface area (Å²) in [5.74, 6) is 1.65. The molecule has 0 radical (unpaired) electrons. The summed E-state index contributed by atoms with van der Waals surface area (Å²) in [5.41, 5.74) is 0.899. The van der Waals surface area contributed by atoms with Crippen LogP contribution < -0.4 is 5.32 Å². The van der Waals surface area contributed by atoms with E-state index in [-0.39, 0.29) is 11.9 Å². The number of aromatic nitrogens is 1. The monoisotopic (exact) mass is 238 g/mol. The molecule has 0 saturated carbocycles. The van der Waals surface area contributed by atoms with Gasteiger partial charge in [0.1, 0.15) is 0 Å². The van der Waals surface area contributed by atoms with Gasteiger partial charge in [-0.05, 0) is 31.2 Å². The summed E-state index contributed by atoms with van der Waals surface area (Å²) < 4.78 is 0. The van der Waals surface area contributed by atoms with Crippen LogP contribution in [0.3, 0.4) is 0 Å². The van der Waals surface area contributed by atoms with E-state index in [9.17, 15) is 4.79 Å². The second-order valence-corrected chi connectivity index (χ2v) is 4.70. The van der Waals surface area contributed by atoms with Crippen LogP contribution in [0.2, 0.25) is 0 Å². The molecule has 0 aliphatic carbocycles. The molecule has 1 aromatic heterocycles. The molecule has 0 spiro atoms. The van der Waals surface area contributed by atoms with Crippen LogP contribution in [0.15, 0.2) is 24.4 Å². The van der Waals surface area contributed by atoms with Gasteiger partial charge in [0.25, 0.3) is 0 Å². The second kappa shape index (κ2) is 7.28. The molecule has 1 amide bonds. The maximum Gasteiger partial charge on any atom is 0.230 e. The third-order valence-corrected chi connectivity index (χ3v) is 3.25. The van der Waals surface area contributed by atoms with Crippen LogP contribution >= 0.6 is 11.8 Å². The summed E-state index contributed by atoms with van der Waals surface area (Å²) in [6, 6.07) is 5.70. The number of thioether (sulfide) groups is 1. The lowest BCUT2D eigenvalue weighted by Crippen LogP contribution is -2.28. The third-order valence-electron chi connectivity index (χ3n) is 2.09. The first-order chi connectivity index (χ1) is 7.74. The lowest BCUT2D eigenvalue weighted by atomic mass is 10.2. The summed E-state index contributed by atoms with van der Waals surface area (Å²) in [6.07, 6.45) is 2.84. The molecule has 16 heavy (non-hydrogen) atoms. The zero-order valence-corrected chi connectivity index (χ0v) is 10.6. The highest BCUT2D eigenvalue weighted by atomic mass is 32.2. The largest absolute Gasteiger partial charge is 0.347 e. The highest BCUT2D eigenvalue weighted by Crippen LogP contribution is 2.08. The van der Waals surface area contributed by atoms with Gasteiger partial charge < -0.3 is 5.32 Å². The van der Waals surface area contributed by atoms with Gasteiger partial charge in [0.15, 0.2) is 0 Å². The zero-order valence-electron chi connectivity index (χ0n) is 9.77. The maximum absolute atomic E-state index is 11.5. The van der Waals surface area contributed by atoms with Crippen LogP contribution in [0.25, 0.3) is 0 Å². The SMILES string of the molecule is CCCSCC(=O)N[C@H](C)c1ccccn1. The Morgan fingerprint density at radius 2 is 2.38 bits per heavy atom. The van der Waals surface area contributed by atoms with Crippen LogP contribution in [0.5, 0.6) is 0 Å². The number of nitrogens with one attached hydrogen (secondary N) is 1. The Labute approximate surface area is 101 Å². The topological polar surface area (TPSA) is 42.0 Å². The molecule has 1 heterocycles. The Morgan fingerprint density at radius 3 is 3.00 bits per heavy atom. The minimum atomic E-state index is -0.0177. The third kappa shape index (κ3) is 4.66. The summed E-state index contributed by atoms with van der Waals surface area (Å²) in [6.45, 7) is 4.06. The maximum atomic E-state index is 11.5. The first kappa shape index (κ1) is 13.0. The van der Waals surface area contributed by atoms with Gasteiger partial charge in [-0.15, -0.1) is 0 Å². The molecule has 0 bridgehead atoms. The number of amides is 1. The molecule has 0 aromatic carbocycles. The Bertz CT molecular complexity index is 316. The Hall–Kier alpha value is -1.03. The van der Waals surface area contributed by atoms with E-state index in [2.05, 4.69) is 17.2 Å². The minimum absolute atomic E-state index is 0.0177. The summed E-state index contributed by atoms with van der Waals surface area (Å²) >= 11 is 1.67. The van der Waals surface area contributed by atoms with E-state index < -0.39 is 0 Å². The minimum Gasteiger partial charge on any atom is -0.347 e. The molecular weight excluding hydrogens is 220 g/mol.